The zero-order valence-corrected chi connectivity index (χ0v) is 10.6. The molecule has 0 amide bonds. The smallest absolute Gasteiger partial charge is 0.137 e. The third-order valence-corrected chi connectivity index (χ3v) is 4.96. The van der Waals surface area contributed by atoms with E-state index >= 15 is 0 Å². The Labute approximate surface area is 94.9 Å². The SMILES string of the molecule is CCOC(OCC)[Si]C1CC2C=CC1C2. The number of fused-ring (bicyclic) bond motifs is 2. The van der Waals surface area contributed by atoms with E-state index in [1.807, 2.05) is 13.8 Å². The van der Waals surface area contributed by atoms with E-state index in [0.29, 0.717) is 0 Å². The predicted octanol–water partition coefficient (Wildman–Crippen LogP) is 2.43. The highest BCUT2D eigenvalue weighted by Gasteiger charge is 2.37. The number of hydrogen-bond donors (Lipinski definition) is 0. The molecular formula is C12H20O2Si. The van der Waals surface area contributed by atoms with Crippen molar-refractivity contribution in [2.24, 2.45) is 11.8 Å². The fourth-order valence-corrected chi connectivity index (χ4v) is 4.40. The summed E-state index contributed by atoms with van der Waals surface area (Å²) in [4.78, 5) is 0. The van der Waals surface area contributed by atoms with E-state index in [-0.39, 0.29) is 5.91 Å². The predicted molar refractivity (Wildman–Crippen MR) is 61.9 cm³/mol. The molecule has 0 spiro atoms. The van der Waals surface area contributed by atoms with Gasteiger partial charge in [0.05, 0.1) is 0 Å². The molecule has 2 radical (unpaired) electrons. The Kier molecular flexibility index (Phi) is 4.00. The molecule has 2 aliphatic carbocycles. The maximum absolute atomic E-state index is 5.62. The molecule has 3 atom stereocenters. The van der Waals surface area contributed by atoms with E-state index in [0.717, 1.165) is 40.1 Å². The van der Waals surface area contributed by atoms with Gasteiger partial charge in [0.25, 0.3) is 0 Å². The first-order chi connectivity index (χ1) is 7.33. The van der Waals surface area contributed by atoms with Gasteiger partial charge in [0, 0.05) is 13.2 Å². The van der Waals surface area contributed by atoms with Crippen LogP contribution in [0.1, 0.15) is 26.7 Å². The van der Waals surface area contributed by atoms with Gasteiger partial charge in [-0.2, -0.15) is 0 Å². The molecule has 3 unspecified atom stereocenters. The Morgan fingerprint density at radius 3 is 2.40 bits per heavy atom. The first-order valence-corrected chi connectivity index (χ1v) is 7.16. The maximum Gasteiger partial charge on any atom is 0.137 e. The van der Waals surface area contributed by atoms with E-state index in [1.54, 1.807) is 0 Å². The zero-order chi connectivity index (χ0) is 10.7. The molecule has 0 aromatic carbocycles. The highest BCUT2D eigenvalue weighted by atomic mass is 28.2. The van der Waals surface area contributed by atoms with Crippen LogP contribution in [-0.4, -0.2) is 28.6 Å². The second kappa shape index (κ2) is 5.28. The van der Waals surface area contributed by atoms with Crippen molar-refractivity contribution in [2.45, 2.75) is 38.1 Å². The summed E-state index contributed by atoms with van der Waals surface area (Å²) >= 11 is 0. The summed E-state index contributed by atoms with van der Waals surface area (Å²) < 4.78 is 11.2. The highest BCUT2D eigenvalue weighted by Crippen LogP contribution is 2.46. The molecule has 0 N–H and O–H groups in total. The van der Waals surface area contributed by atoms with Crippen LogP contribution in [0.4, 0.5) is 0 Å². The van der Waals surface area contributed by atoms with Crippen LogP contribution in [0.2, 0.25) is 5.54 Å². The molecule has 1 fully saturated rings. The minimum Gasteiger partial charge on any atom is -0.357 e. The molecule has 1 saturated carbocycles. The fourth-order valence-electron chi connectivity index (χ4n) is 2.59. The average molecular weight is 224 g/mol. The number of rotatable bonds is 6. The van der Waals surface area contributed by atoms with Crippen molar-refractivity contribution < 1.29 is 9.47 Å². The first kappa shape index (κ1) is 11.4. The lowest BCUT2D eigenvalue weighted by Crippen LogP contribution is -2.29. The number of allylic oxidation sites excluding steroid dienone is 2. The van der Waals surface area contributed by atoms with E-state index < -0.39 is 0 Å². The topological polar surface area (TPSA) is 18.5 Å². The van der Waals surface area contributed by atoms with Gasteiger partial charge in [0.15, 0.2) is 0 Å². The van der Waals surface area contributed by atoms with Crippen LogP contribution in [-0.2, 0) is 9.47 Å². The van der Waals surface area contributed by atoms with Gasteiger partial charge in [-0.3, -0.25) is 0 Å². The lowest BCUT2D eigenvalue weighted by atomic mass is 10.1. The quantitative estimate of drug-likeness (QED) is 0.392. The fraction of sp³-hybridized carbons (Fsp3) is 0.833. The van der Waals surface area contributed by atoms with Gasteiger partial charge < -0.3 is 9.47 Å². The van der Waals surface area contributed by atoms with Crippen LogP contribution >= 0.6 is 0 Å². The summed E-state index contributed by atoms with van der Waals surface area (Å²) in [5, 5.41) is 0. The summed E-state index contributed by atoms with van der Waals surface area (Å²) in [5.74, 6) is 1.73. The second-order valence-electron chi connectivity index (χ2n) is 4.30. The summed E-state index contributed by atoms with van der Waals surface area (Å²) in [6.07, 6.45) is 7.53. The average Bonchev–Trinajstić information content (AvgIpc) is 2.80. The van der Waals surface area contributed by atoms with Crippen LogP contribution in [0.3, 0.4) is 0 Å². The Morgan fingerprint density at radius 2 is 1.93 bits per heavy atom. The van der Waals surface area contributed by atoms with Crippen molar-refractivity contribution >= 4 is 9.52 Å². The molecule has 0 heterocycles. The normalized spacial score (nSPS) is 33.1. The molecule has 2 nitrogen and oxygen atoms in total. The number of hydrogen-bond acceptors (Lipinski definition) is 2. The summed E-state index contributed by atoms with van der Waals surface area (Å²) in [6, 6.07) is 0. The van der Waals surface area contributed by atoms with Gasteiger partial charge in [0.1, 0.15) is 15.4 Å². The highest BCUT2D eigenvalue weighted by molar-refractivity contribution is 6.39. The Morgan fingerprint density at radius 1 is 1.20 bits per heavy atom. The van der Waals surface area contributed by atoms with Crippen LogP contribution in [0.15, 0.2) is 12.2 Å². The van der Waals surface area contributed by atoms with E-state index in [1.165, 1.54) is 12.8 Å². The van der Waals surface area contributed by atoms with Crippen molar-refractivity contribution in [3.63, 3.8) is 0 Å². The molecule has 0 saturated heterocycles. The van der Waals surface area contributed by atoms with Gasteiger partial charge in [-0.1, -0.05) is 12.2 Å². The zero-order valence-electron chi connectivity index (χ0n) is 9.61. The molecule has 0 aromatic heterocycles. The molecule has 0 aliphatic heterocycles. The summed E-state index contributed by atoms with van der Waals surface area (Å²) in [5.41, 5.74) is 0.822. The van der Waals surface area contributed by atoms with Crippen molar-refractivity contribution in [1.82, 2.24) is 0 Å². The van der Waals surface area contributed by atoms with Crippen molar-refractivity contribution in [3.05, 3.63) is 12.2 Å². The maximum atomic E-state index is 5.62. The molecule has 2 bridgehead atoms. The van der Waals surface area contributed by atoms with Crippen LogP contribution < -0.4 is 0 Å². The molecule has 3 heteroatoms. The molecular weight excluding hydrogens is 204 g/mol. The Balaban J connectivity index is 1.81. The molecule has 2 aliphatic rings. The summed E-state index contributed by atoms with van der Waals surface area (Å²) in [6.45, 7) is 5.59. The van der Waals surface area contributed by atoms with Gasteiger partial charge in [-0.05, 0) is 44.1 Å². The van der Waals surface area contributed by atoms with E-state index in [9.17, 15) is 0 Å². The van der Waals surface area contributed by atoms with Crippen molar-refractivity contribution in [3.8, 4) is 0 Å². The van der Waals surface area contributed by atoms with E-state index in [4.69, 9.17) is 9.47 Å². The molecule has 2 rings (SSSR count). The van der Waals surface area contributed by atoms with Crippen molar-refractivity contribution in [1.29, 1.82) is 0 Å². The van der Waals surface area contributed by atoms with Crippen LogP contribution in [0, 0.1) is 11.8 Å². The monoisotopic (exact) mass is 224 g/mol. The van der Waals surface area contributed by atoms with E-state index in [2.05, 4.69) is 12.2 Å². The third kappa shape index (κ3) is 2.71. The Bertz CT molecular complexity index is 224. The minimum atomic E-state index is 0.0535. The second-order valence-corrected chi connectivity index (χ2v) is 5.84. The van der Waals surface area contributed by atoms with Gasteiger partial charge >= 0.3 is 0 Å². The Hall–Kier alpha value is -0.123. The van der Waals surface area contributed by atoms with Crippen LogP contribution in [0.5, 0.6) is 0 Å². The van der Waals surface area contributed by atoms with Crippen molar-refractivity contribution in [2.75, 3.05) is 13.2 Å². The molecule has 0 aromatic rings. The van der Waals surface area contributed by atoms with Gasteiger partial charge in [-0.15, -0.1) is 0 Å². The van der Waals surface area contributed by atoms with Crippen LogP contribution in [0.25, 0.3) is 0 Å². The third-order valence-electron chi connectivity index (χ3n) is 3.27. The largest absolute Gasteiger partial charge is 0.357 e. The number of ether oxygens (including phenoxy) is 2. The lowest BCUT2D eigenvalue weighted by molar-refractivity contribution is -0.0835. The van der Waals surface area contributed by atoms with Gasteiger partial charge in [-0.25, -0.2) is 0 Å². The lowest BCUT2D eigenvalue weighted by Gasteiger charge is -2.23. The summed E-state index contributed by atoms with van der Waals surface area (Å²) in [7, 11) is 0.812. The van der Waals surface area contributed by atoms with Gasteiger partial charge in [0.2, 0.25) is 0 Å². The first-order valence-electron chi connectivity index (χ1n) is 6.01. The molecule has 15 heavy (non-hydrogen) atoms. The minimum absolute atomic E-state index is 0.0535. The standard InChI is InChI=1S/C12H20O2Si/c1-3-13-12(14-4-2)15-11-8-9-5-6-10(11)7-9/h5-6,9-12H,3-4,7-8H2,1-2H3. The molecule has 84 valence electrons.